The molecule has 1 aromatic rings. The van der Waals surface area contributed by atoms with E-state index in [1.807, 2.05) is 13.8 Å². The number of hydrogen-bond acceptors (Lipinski definition) is 5. The van der Waals surface area contributed by atoms with Crippen molar-refractivity contribution in [3.63, 3.8) is 0 Å². The fraction of sp³-hybridized carbons (Fsp3) is 0.500. The Morgan fingerprint density at radius 3 is 2.25 bits per heavy atom. The molecule has 1 aromatic carbocycles. The third kappa shape index (κ3) is 4.26. The zero-order valence-corrected chi connectivity index (χ0v) is 12.1. The van der Waals surface area contributed by atoms with Gasteiger partial charge in [-0.25, -0.2) is 13.1 Å². The van der Waals surface area contributed by atoms with Crippen molar-refractivity contribution in [2.24, 2.45) is 5.92 Å². The molecule has 0 amide bonds. The van der Waals surface area contributed by atoms with E-state index in [0.717, 1.165) is 12.1 Å². The van der Waals surface area contributed by atoms with Gasteiger partial charge in [-0.3, -0.25) is 10.1 Å². The summed E-state index contributed by atoms with van der Waals surface area (Å²) < 4.78 is 26.8. The standard InChI is InChI=1S/C12H18N2O5S/c1-9(2)12(7-8-15)13-20(18,19)11-5-3-10(4-6-11)14(16)17/h3-6,9,12-13,15H,7-8H2,1-2H3. The number of rotatable bonds is 7. The van der Waals surface area contributed by atoms with Gasteiger partial charge in [0.1, 0.15) is 0 Å². The summed E-state index contributed by atoms with van der Waals surface area (Å²) >= 11 is 0. The van der Waals surface area contributed by atoms with Gasteiger partial charge in [-0.05, 0) is 24.5 Å². The van der Waals surface area contributed by atoms with Crippen LogP contribution in [0.25, 0.3) is 0 Å². The minimum atomic E-state index is -3.75. The molecule has 0 heterocycles. The van der Waals surface area contributed by atoms with Crippen LogP contribution in [0.2, 0.25) is 0 Å². The lowest BCUT2D eigenvalue weighted by Gasteiger charge is -2.21. The van der Waals surface area contributed by atoms with Crippen LogP contribution in [0, 0.1) is 16.0 Å². The molecule has 1 unspecified atom stereocenters. The summed E-state index contributed by atoms with van der Waals surface area (Å²) in [5.41, 5.74) is -0.167. The van der Waals surface area contributed by atoms with Gasteiger partial charge in [0.15, 0.2) is 0 Å². The van der Waals surface area contributed by atoms with Crippen LogP contribution in [0.5, 0.6) is 0 Å². The van der Waals surface area contributed by atoms with Gasteiger partial charge in [-0.2, -0.15) is 0 Å². The quantitative estimate of drug-likeness (QED) is 0.582. The number of nitrogens with zero attached hydrogens (tertiary/aromatic N) is 1. The molecule has 0 aliphatic carbocycles. The third-order valence-electron chi connectivity index (χ3n) is 2.91. The van der Waals surface area contributed by atoms with E-state index in [1.165, 1.54) is 12.1 Å². The normalized spacial score (nSPS) is 13.4. The van der Waals surface area contributed by atoms with Crippen molar-refractivity contribution < 1.29 is 18.4 Å². The average molecular weight is 302 g/mol. The second kappa shape index (κ2) is 6.78. The van der Waals surface area contributed by atoms with E-state index in [4.69, 9.17) is 5.11 Å². The molecule has 0 saturated carbocycles. The second-order valence-electron chi connectivity index (χ2n) is 4.74. The highest BCUT2D eigenvalue weighted by molar-refractivity contribution is 7.89. The number of sulfonamides is 1. The van der Waals surface area contributed by atoms with Gasteiger partial charge in [-0.1, -0.05) is 13.8 Å². The van der Waals surface area contributed by atoms with Crippen molar-refractivity contribution in [3.8, 4) is 0 Å². The Labute approximate surface area is 117 Å². The molecule has 20 heavy (non-hydrogen) atoms. The van der Waals surface area contributed by atoms with E-state index in [2.05, 4.69) is 4.72 Å². The topological polar surface area (TPSA) is 110 Å². The maximum absolute atomic E-state index is 12.1. The Morgan fingerprint density at radius 2 is 1.85 bits per heavy atom. The Bertz CT molecular complexity index is 554. The van der Waals surface area contributed by atoms with Gasteiger partial charge in [0, 0.05) is 24.8 Å². The van der Waals surface area contributed by atoms with Crippen LogP contribution >= 0.6 is 0 Å². The largest absolute Gasteiger partial charge is 0.396 e. The first-order valence-electron chi connectivity index (χ1n) is 6.15. The third-order valence-corrected chi connectivity index (χ3v) is 4.42. The van der Waals surface area contributed by atoms with E-state index in [0.29, 0.717) is 6.42 Å². The minimum Gasteiger partial charge on any atom is -0.396 e. The van der Waals surface area contributed by atoms with E-state index in [1.54, 1.807) is 0 Å². The highest BCUT2D eigenvalue weighted by atomic mass is 32.2. The zero-order valence-electron chi connectivity index (χ0n) is 11.3. The molecule has 8 heteroatoms. The maximum Gasteiger partial charge on any atom is 0.269 e. The van der Waals surface area contributed by atoms with Crippen LogP contribution < -0.4 is 4.72 Å². The molecule has 0 bridgehead atoms. The lowest BCUT2D eigenvalue weighted by atomic mass is 10.0. The van der Waals surface area contributed by atoms with Crippen LogP contribution in [0.3, 0.4) is 0 Å². The molecule has 1 rings (SSSR count). The van der Waals surface area contributed by atoms with Crippen LogP contribution in [0.1, 0.15) is 20.3 Å². The first kappa shape index (κ1) is 16.5. The summed E-state index contributed by atoms with van der Waals surface area (Å²) in [6.07, 6.45) is 0.309. The Kier molecular flexibility index (Phi) is 5.61. The molecular weight excluding hydrogens is 284 g/mol. The zero-order chi connectivity index (χ0) is 15.3. The highest BCUT2D eigenvalue weighted by Gasteiger charge is 2.22. The van der Waals surface area contributed by atoms with Crippen molar-refractivity contribution in [3.05, 3.63) is 34.4 Å². The van der Waals surface area contributed by atoms with Crippen LogP contribution in [-0.4, -0.2) is 31.1 Å². The fourth-order valence-corrected chi connectivity index (χ4v) is 3.10. The summed E-state index contributed by atoms with van der Waals surface area (Å²) in [5, 5.41) is 19.5. The van der Waals surface area contributed by atoms with Gasteiger partial charge in [0.05, 0.1) is 9.82 Å². The number of nitro groups is 1. The number of aliphatic hydroxyl groups is 1. The molecule has 1 atom stereocenters. The van der Waals surface area contributed by atoms with Gasteiger partial charge >= 0.3 is 0 Å². The van der Waals surface area contributed by atoms with Crippen LogP contribution in [0.4, 0.5) is 5.69 Å². The Balaban J connectivity index is 2.95. The Hall–Kier alpha value is -1.51. The second-order valence-corrected chi connectivity index (χ2v) is 6.45. The van der Waals surface area contributed by atoms with Gasteiger partial charge < -0.3 is 5.11 Å². The molecule has 0 aliphatic rings. The smallest absolute Gasteiger partial charge is 0.269 e. The molecule has 0 fully saturated rings. The highest BCUT2D eigenvalue weighted by Crippen LogP contribution is 2.17. The summed E-state index contributed by atoms with van der Waals surface area (Å²) in [5.74, 6) is 0.0231. The van der Waals surface area contributed by atoms with Crippen LogP contribution in [0.15, 0.2) is 29.2 Å². The number of hydrogen-bond donors (Lipinski definition) is 2. The summed E-state index contributed by atoms with van der Waals surface area (Å²) in [6, 6.07) is 4.28. The SMILES string of the molecule is CC(C)C(CCO)NS(=O)(=O)c1ccc([N+](=O)[O-])cc1. The molecule has 0 radical (unpaired) electrons. The first-order chi connectivity index (χ1) is 9.27. The van der Waals surface area contributed by atoms with Crippen molar-refractivity contribution in [2.75, 3.05) is 6.61 Å². The molecule has 112 valence electrons. The van der Waals surface area contributed by atoms with Crippen molar-refractivity contribution in [1.29, 1.82) is 0 Å². The number of nitrogens with one attached hydrogen (secondary N) is 1. The molecule has 7 nitrogen and oxygen atoms in total. The van der Waals surface area contributed by atoms with E-state index in [9.17, 15) is 18.5 Å². The number of nitro benzene ring substituents is 1. The Morgan fingerprint density at radius 1 is 1.30 bits per heavy atom. The lowest BCUT2D eigenvalue weighted by molar-refractivity contribution is -0.384. The van der Waals surface area contributed by atoms with Crippen molar-refractivity contribution in [1.82, 2.24) is 4.72 Å². The summed E-state index contributed by atoms with van der Waals surface area (Å²) in [6.45, 7) is 3.57. The molecule has 2 N–H and O–H groups in total. The molecule has 0 aromatic heterocycles. The average Bonchev–Trinajstić information content (AvgIpc) is 2.38. The van der Waals surface area contributed by atoms with E-state index >= 15 is 0 Å². The predicted molar refractivity (Wildman–Crippen MR) is 73.7 cm³/mol. The van der Waals surface area contributed by atoms with Crippen molar-refractivity contribution >= 4 is 15.7 Å². The molecule has 0 spiro atoms. The summed E-state index contributed by atoms with van der Waals surface area (Å²) in [4.78, 5) is 9.90. The molecule has 0 aliphatic heterocycles. The van der Waals surface area contributed by atoms with Crippen molar-refractivity contribution in [2.45, 2.75) is 31.2 Å². The fourth-order valence-electron chi connectivity index (χ4n) is 1.68. The first-order valence-corrected chi connectivity index (χ1v) is 7.64. The monoisotopic (exact) mass is 302 g/mol. The predicted octanol–water partition coefficient (Wildman–Crippen LogP) is 1.28. The summed E-state index contributed by atoms with van der Waals surface area (Å²) in [7, 11) is -3.75. The number of non-ortho nitro benzene ring substituents is 1. The van der Waals surface area contributed by atoms with Gasteiger partial charge in [-0.15, -0.1) is 0 Å². The van der Waals surface area contributed by atoms with Gasteiger partial charge in [0.25, 0.3) is 5.69 Å². The number of aliphatic hydroxyl groups excluding tert-OH is 1. The minimum absolute atomic E-state index is 0.0231. The maximum atomic E-state index is 12.1. The van der Waals surface area contributed by atoms with Gasteiger partial charge in [0.2, 0.25) is 10.0 Å². The van der Waals surface area contributed by atoms with Crippen LogP contribution in [-0.2, 0) is 10.0 Å². The number of benzene rings is 1. The van der Waals surface area contributed by atoms with E-state index < -0.39 is 14.9 Å². The molecule has 0 saturated heterocycles. The lowest BCUT2D eigenvalue weighted by Crippen LogP contribution is -2.39. The van der Waals surface area contributed by atoms with E-state index in [-0.39, 0.29) is 29.1 Å². The molecular formula is C12H18N2O5S.